The molecule has 1 fully saturated rings. The first kappa shape index (κ1) is 20.5. The van der Waals surface area contributed by atoms with Gasteiger partial charge in [0.2, 0.25) is 0 Å². The second kappa shape index (κ2) is 9.21. The van der Waals surface area contributed by atoms with Gasteiger partial charge in [-0.2, -0.15) is 0 Å². The number of para-hydroxylation sites is 1. The van der Waals surface area contributed by atoms with Crippen molar-refractivity contribution in [1.82, 2.24) is 10.6 Å². The zero-order valence-electron chi connectivity index (χ0n) is 15.1. The smallest absolute Gasteiger partial charge is 0.191 e. The van der Waals surface area contributed by atoms with Gasteiger partial charge < -0.3 is 15.4 Å². The van der Waals surface area contributed by atoms with E-state index in [1.165, 1.54) is 6.07 Å². The summed E-state index contributed by atoms with van der Waals surface area (Å²) in [6.07, 6.45) is 1.98. The fourth-order valence-electron chi connectivity index (χ4n) is 3.09. The Hall–Kier alpha value is -1.83. The van der Waals surface area contributed by atoms with E-state index in [9.17, 15) is 4.39 Å². The van der Waals surface area contributed by atoms with Crippen LogP contribution in [0.5, 0.6) is 5.75 Å². The molecule has 0 heterocycles. The highest BCUT2D eigenvalue weighted by atomic mass is 127. The fraction of sp³-hybridized carbons (Fsp3) is 0.350. The van der Waals surface area contributed by atoms with Gasteiger partial charge in [-0.3, -0.25) is 4.99 Å². The summed E-state index contributed by atoms with van der Waals surface area (Å²) in [4.78, 5) is 4.27. The molecule has 26 heavy (non-hydrogen) atoms. The number of nitrogens with one attached hydrogen (secondary N) is 2. The zero-order valence-corrected chi connectivity index (χ0v) is 17.4. The zero-order chi connectivity index (χ0) is 17.7. The van der Waals surface area contributed by atoms with E-state index in [4.69, 9.17) is 4.74 Å². The highest BCUT2D eigenvalue weighted by Gasteiger charge is 2.45. The molecular weight excluding hydrogens is 444 g/mol. The molecule has 1 aliphatic carbocycles. The van der Waals surface area contributed by atoms with Crippen molar-refractivity contribution in [3.05, 3.63) is 65.5 Å². The van der Waals surface area contributed by atoms with Crippen molar-refractivity contribution < 1.29 is 9.13 Å². The van der Waals surface area contributed by atoms with Gasteiger partial charge in [0.15, 0.2) is 5.96 Å². The highest BCUT2D eigenvalue weighted by molar-refractivity contribution is 14.0. The SMILES string of the molecule is CN=C(NCc1ccccc1OC)NCC1(c2ccccc2F)CC1.I. The Balaban J connectivity index is 0.00000243. The second-order valence-electron chi connectivity index (χ2n) is 6.35. The third-order valence-corrected chi connectivity index (χ3v) is 4.76. The molecule has 0 radical (unpaired) electrons. The van der Waals surface area contributed by atoms with E-state index in [1.807, 2.05) is 36.4 Å². The number of hydrogen-bond acceptors (Lipinski definition) is 2. The standard InChI is InChI=1S/C20H24FN3O.HI/c1-22-19(23-13-15-7-3-6-10-18(15)25-2)24-14-20(11-12-20)16-8-4-5-9-17(16)21;/h3-10H,11-14H2,1-2H3,(H2,22,23,24);1H. The number of benzene rings is 2. The number of halogens is 2. The summed E-state index contributed by atoms with van der Waals surface area (Å²) in [7, 11) is 3.40. The van der Waals surface area contributed by atoms with Gasteiger partial charge in [0.1, 0.15) is 11.6 Å². The molecule has 0 bridgehead atoms. The van der Waals surface area contributed by atoms with Crippen LogP contribution in [0.2, 0.25) is 0 Å². The molecule has 2 aromatic carbocycles. The Kier molecular flexibility index (Phi) is 7.25. The first-order valence-electron chi connectivity index (χ1n) is 8.50. The van der Waals surface area contributed by atoms with E-state index >= 15 is 0 Å². The van der Waals surface area contributed by atoms with Crippen LogP contribution in [0.4, 0.5) is 4.39 Å². The molecule has 4 nitrogen and oxygen atoms in total. The van der Waals surface area contributed by atoms with Gasteiger partial charge in [-0.1, -0.05) is 36.4 Å². The van der Waals surface area contributed by atoms with Gasteiger partial charge in [0, 0.05) is 31.1 Å². The normalized spacial score (nSPS) is 15.0. The number of aliphatic imine (C=N–C) groups is 1. The number of methoxy groups -OCH3 is 1. The van der Waals surface area contributed by atoms with Crippen LogP contribution < -0.4 is 15.4 Å². The van der Waals surface area contributed by atoms with Crippen LogP contribution in [0.25, 0.3) is 0 Å². The lowest BCUT2D eigenvalue weighted by molar-refractivity contribution is 0.409. The van der Waals surface area contributed by atoms with E-state index in [0.29, 0.717) is 19.0 Å². The van der Waals surface area contributed by atoms with Gasteiger partial charge in [0.25, 0.3) is 0 Å². The van der Waals surface area contributed by atoms with Crippen LogP contribution in [0.3, 0.4) is 0 Å². The van der Waals surface area contributed by atoms with Crippen molar-refractivity contribution in [2.45, 2.75) is 24.8 Å². The molecule has 0 aliphatic heterocycles. The van der Waals surface area contributed by atoms with Crippen LogP contribution in [0.1, 0.15) is 24.0 Å². The van der Waals surface area contributed by atoms with E-state index < -0.39 is 0 Å². The largest absolute Gasteiger partial charge is 0.496 e. The maximum atomic E-state index is 14.1. The first-order valence-corrected chi connectivity index (χ1v) is 8.50. The molecule has 2 aromatic rings. The number of hydrogen-bond donors (Lipinski definition) is 2. The van der Waals surface area contributed by atoms with E-state index in [1.54, 1.807) is 20.2 Å². The average molecular weight is 469 g/mol. The van der Waals surface area contributed by atoms with E-state index in [2.05, 4.69) is 15.6 Å². The molecule has 1 saturated carbocycles. The predicted molar refractivity (Wildman–Crippen MR) is 114 cm³/mol. The maximum Gasteiger partial charge on any atom is 0.191 e. The molecule has 0 spiro atoms. The van der Waals surface area contributed by atoms with Crippen molar-refractivity contribution in [3.63, 3.8) is 0 Å². The third kappa shape index (κ3) is 4.66. The number of rotatable bonds is 6. The third-order valence-electron chi connectivity index (χ3n) is 4.76. The van der Waals surface area contributed by atoms with Crippen LogP contribution in [0.15, 0.2) is 53.5 Å². The lowest BCUT2D eigenvalue weighted by Gasteiger charge is -2.20. The van der Waals surface area contributed by atoms with Crippen LogP contribution >= 0.6 is 24.0 Å². The maximum absolute atomic E-state index is 14.1. The molecular formula is C20H25FIN3O. The number of guanidine groups is 1. The minimum Gasteiger partial charge on any atom is -0.496 e. The summed E-state index contributed by atoms with van der Waals surface area (Å²) in [5, 5.41) is 6.63. The minimum atomic E-state index is -0.126. The van der Waals surface area contributed by atoms with Crippen LogP contribution in [-0.4, -0.2) is 26.7 Å². The summed E-state index contributed by atoms with van der Waals surface area (Å²) in [5.41, 5.74) is 1.73. The Bertz CT molecular complexity index is 762. The molecule has 2 N–H and O–H groups in total. The molecule has 0 unspecified atom stereocenters. The fourth-order valence-corrected chi connectivity index (χ4v) is 3.09. The van der Waals surface area contributed by atoms with Crippen molar-refractivity contribution in [2.75, 3.05) is 20.7 Å². The summed E-state index contributed by atoms with van der Waals surface area (Å²) in [6, 6.07) is 14.9. The molecule has 1 aliphatic rings. The second-order valence-corrected chi connectivity index (χ2v) is 6.35. The number of ether oxygens (including phenoxy) is 1. The van der Waals surface area contributed by atoms with Crippen molar-refractivity contribution in [2.24, 2.45) is 4.99 Å². The van der Waals surface area contributed by atoms with Crippen molar-refractivity contribution in [1.29, 1.82) is 0 Å². The monoisotopic (exact) mass is 469 g/mol. The highest BCUT2D eigenvalue weighted by Crippen LogP contribution is 2.48. The lowest BCUT2D eigenvalue weighted by atomic mass is 9.95. The van der Waals surface area contributed by atoms with Gasteiger partial charge >= 0.3 is 0 Å². The summed E-state index contributed by atoms with van der Waals surface area (Å²) in [6.45, 7) is 1.27. The Morgan fingerprint density at radius 3 is 2.46 bits per heavy atom. The summed E-state index contributed by atoms with van der Waals surface area (Å²) >= 11 is 0. The molecule has 3 rings (SSSR count). The van der Waals surface area contributed by atoms with Gasteiger partial charge in [0.05, 0.1) is 7.11 Å². The molecule has 0 amide bonds. The van der Waals surface area contributed by atoms with Crippen LogP contribution in [0, 0.1) is 5.82 Å². The van der Waals surface area contributed by atoms with Gasteiger partial charge in [-0.05, 0) is 30.5 Å². The Morgan fingerprint density at radius 1 is 1.12 bits per heavy atom. The van der Waals surface area contributed by atoms with Crippen molar-refractivity contribution in [3.8, 4) is 5.75 Å². The Morgan fingerprint density at radius 2 is 1.81 bits per heavy atom. The van der Waals surface area contributed by atoms with Crippen molar-refractivity contribution >= 4 is 29.9 Å². The summed E-state index contributed by atoms with van der Waals surface area (Å²) < 4.78 is 19.5. The van der Waals surface area contributed by atoms with Gasteiger partial charge in [-0.25, -0.2) is 4.39 Å². The topological polar surface area (TPSA) is 45.7 Å². The van der Waals surface area contributed by atoms with Crippen LogP contribution in [-0.2, 0) is 12.0 Å². The molecule has 0 aromatic heterocycles. The van der Waals surface area contributed by atoms with E-state index in [-0.39, 0.29) is 35.2 Å². The molecule has 6 heteroatoms. The lowest BCUT2D eigenvalue weighted by Crippen LogP contribution is -2.41. The number of nitrogens with zero attached hydrogens (tertiary/aromatic N) is 1. The summed E-state index contributed by atoms with van der Waals surface area (Å²) in [5.74, 6) is 1.42. The minimum absolute atomic E-state index is 0. The quantitative estimate of drug-likeness (QED) is 0.384. The molecule has 140 valence electrons. The molecule has 0 atom stereocenters. The Labute approximate surface area is 171 Å². The first-order chi connectivity index (χ1) is 12.2. The molecule has 0 saturated heterocycles. The predicted octanol–water partition coefficient (Wildman–Crippen LogP) is 3.85. The van der Waals surface area contributed by atoms with Gasteiger partial charge in [-0.15, -0.1) is 24.0 Å². The average Bonchev–Trinajstić information content (AvgIpc) is 3.43. The van der Waals surface area contributed by atoms with E-state index in [0.717, 1.165) is 29.7 Å².